The van der Waals surface area contributed by atoms with Gasteiger partial charge in [-0.15, -0.1) is 0 Å². The predicted molar refractivity (Wildman–Crippen MR) is 41.7 cm³/mol. The summed E-state index contributed by atoms with van der Waals surface area (Å²) in [7, 11) is 0. The van der Waals surface area contributed by atoms with Gasteiger partial charge in [-0.1, -0.05) is 0 Å². The third-order valence-electron chi connectivity index (χ3n) is 2.84. The average molecular weight is 378 g/mol. The third kappa shape index (κ3) is 2.11. The second-order valence-corrected chi connectivity index (χ2v) is 4.39. The van der Waals surface area contributed by atoms with Crippen molar-refractivity contribution in [3.63, 3.8) is 0 Å². The van der Waals surface area contributed by atoms with Crippen molar-refractivity contribution in [2.75, 3.05) is 6.67 Å². The monoisotopic (exact) mass is 378 g/mol. The maximum Gasteiger partial charge on any atom is 0.388 e. The van der Waals surface area contributed by atoms with Crippen LogP contribution in [0.2, 0.25) is 0 Å². The zero-order valence-electron chi connectivity index (χ0n) is 9.98. The van der Waals surface area contributed by atoms with Crippen LogP contribution < -0.4 is 0 Å². The molecule has 0 aromatic carbocycles. The number of rotatable bonds is 6. The highest BCUT2D eigenvalue weighted by Gasteiger charge is 2.98. The molecule has 2 unspecified atom stereocenters. The molecule has 0 bridgehead atoms. The van der Waals surface area contributed by atoms with Crippen LogP contribution in [-0.2, 0) is 4.74 Å². The van der Waals surface area contributed by atoms with Crippen LogP contribution in [0.5, 0.6) is 0 Å². The molecule has 1 heterocycles. The van der Waals surface area contributed by atoms with Gasteiger partial charge in [0.05, 0.1) is 0 Å². The van der Waals surface area contributed by atoms with Gasteiger partial charge in [0.15, 0.2) is 6.67 Å². The molecule has 1 fully saturated rings. The fraction of sp³-hybridized carbons (Fsp3) is 1.00. The van der Waals surface area contributed by atoms with Gasteiger partial charge in [-0.3, -0.25) is 4.74 Å². The fourth-order valence-corrected chi connectivity index (χ4v) is 1.33. The number of alkyl halides is 13. The zero-order valence-corrected chi connectivity index (χ0v) is 9.98. The molecule has 2 nitrogen and oxygen atoms in total. The molecule has 138 valence electrons. The van der Waals surface area contributed by atoms with E-state index in [1.165, 1.54) is 0 Å². The highest BCUT2D eigenvalue weighted by Crippen LogP contribution is 2.66. The van der Waals surface area contributed by atoms with E-state index in [1.54, 1.807) is 0 Å². The Morgan fingerprint density at radius 3 is 1.35 bits per heavy atom. The summed E-state index contributed by atoms with van der Waals surface area (Å²) >= 11 is 0. The van der Waals surface area contributed by atoms with E-state index in [1.807, 2.05) is 0 Å². The standard InChI is InChI=1S/C8H3F13O2/c9-1-2(10,11)3(12,13)4(14,15)5(16,17)6(18,19)7(20)8(21,22)23-7/h22H,1H2. The molecule has 0 radical (unpaired) electrons. The van der Waals surface area contributed by atoms with Crippen LogP contribution in [0.3, 0.4) is 0 Å². The van der Waals surface area contributed by atoms with Gasteiger partial charge in [-0.05, 0) is 0 Å². The summed E-state index contributed by atoms with van der Waals surface area (Å²) in [6, 6.07) is -5.27. The van der Waals surface area contributed by atoms with Crippen LogP contribution in [0, 0.1) is 0 Å². The highest BCUT2D eigenvalue weighted by molar-refractivity contribution is 5.17. The molecule has 0 spiro atoms. The van der Waals surface area contributed by atoms with E-state index in [9.17, 15) is 57.1 Å². The van der Waals surface area contributed by atoms with Gasteiger partial charge < -0.3 is 5.11 Å². The van der Waals surface area contributed by atoms with E-state index < -0.39 is 48.2 Å². The molecule has 15 heteroatoms. The summed E-state index contributed by atoms with van der Waals surface area (Å²) in [6.45, 7) is -3.67. The lowest BCUT2D eigenvalue weighted by Gasteiger charge is -2.38. The minimum absolute atomic E-state index is 2.42. The minimum Gasteiger partial charge on any atom is -0.335 e. The predicted octanol–water partition coefficient (Wildman–Crippen LogP) is 3.44. The third-order valence-corrected chi connectivity index (χ3v) is 2.84. The average Bonchev–Trinajstić information content (AvgIpc) is 2.89. The fourth-order valence-electron chi connectivity index (χ4n) is 1.33. The Bertz CT molecular complexity index is 486. The first-order valence-corrected chi connectivity index (χ1v) is 5.02. The number of aliphatic hydroxyl groups is 1. The Morgan fingerprint density at radius 1 is 0.739 bits per heavy atom. The van der Waals surface area contributed by atoms with Crippen molar-refractivity contribution in [1.82, 2.24) is 0 Å². The summed E-state index contributed by atoms with van der Waals surface area (Å²) in [5.74, 6) is -42.7. The van der Waals surface area contributed by atoms with Crippen LogP contribution >= 0.6 is 0 Å². The molecule has 1 aliphatic rings. The Hall–Kier alpha value is -0.990. The van der Waals surface area contributed by atoms with Gasteiger partial charge >= 0.3 is 41.5 Å². The first-order valence-electron chi connectivity index (χ1n) is 5.02. The smallest absolute Gasteiger partial charge is 0.335 e. The molecule has 1 rings (SSSR count). The van der Waals surface area contributed by atoms with Crippen molar-refractivity contribution in [2.24, 2.45) is 0 Å². The van der Waals surface area contributed by atoms with Gasteiger partial charge in [0.2, 0.25) is 0 Å². The molecule has 1 saturated heterocycles. The van der Waals surface area contributed by atoms with Crippen LogP contribution in [0.25, 0.3) is 0 Å². The van der Waals surface area contributed by atoms with Crippen molar-refractivity contribution >= 4 is 0 Å². The Labute approximate surface area is 116 Å². The van der Waals surface area contributed by atoms with Crippen molar-refractivity contribution < 1.29 is 66.9 Å². The molecule has 0 aromatic heterocycles. The lowest BCUT2D eigenvalue weighted by molar-refractivity contribution is -0.416. The number of halogens is 13. The summed E-state index contributed by atoms with van der Waals surface area (Å²) < 4.78 is 167. The lowest BCUT2D eigenvalue weighted by Crippen LogP contribution is -2.70. The maximum absolute atomic E-state index is 13.0. The quantitative estimate of drug-likeness (QED) is 0.568. The Kier molecular flexibility index (Phi) is 3.97. The second-order valence-electron chi connectivity index (χ2n) is 4.39. The second kappa shape index (κ2) is 4.55. The number of hydrogen-bond donors (Lipinski definition) is 1. The van der Waals surface area contributed by atoms with Gasteiger partial charge in [-0.2, -0.15) is 52.7 Å². The normalized spacial score (nSPS) is 30.5. The van der Waals surface area contributed by atoms with Crippen LogP contribution in [0.1, 0.15) is 0 Å². The van der Waals surface area contributed by atoms with Crippen molar-refractivity contribution in [3.8, 4) is 0 Å². The van der Waals surface area contributed by atoms with Crippen LogP contribution in [0.4, 0.5) is 57.1 Å². The minimum atomic E-state index is -7.78. The van der Waals surface area contributed by atoms with Crippen molar-refractivity contribution in [2.45, 2.75) is 41.5 Å². The Balaban J connectivity index is 3.42. The van der Waals surface area contributed by atoms with Gasteiger partial charge in [-0.25, -0.2) is 4.39 Å². The van der Waals surface area contributed by atoms with Crippen molar-refractivity contribution in [3.05, 3.63) is 0 Å². The zero-order chi connectivity index (χ0) is 18.9. The van der Waals surface area contributed by atoms with Gasteiger partial charge in [0.1, 0.15) is 0 Å². The largest absolute Gasteiger partial charge is 0.388 e. The van der Waals surface area contributed by atoms with E-state index >= 15 is 0 Å². The molecule has 23 heavy (non-hydrogen) atoms. The summed E-state index contributed by atoms with van der Waals surface area (Å²) in [5.41, 5.74) is 0. The first-order chi connectivity index (χ1) is 9.77. The molecule has 0 amide bonds. The summed E-state index contributed by atoms with van der Waals surface area (Å²) in [4.78, 5) is 0. The van der Waals surface area contributed by atoms with E-state index in [4.69, 9.17) is 5.11 Å². The summed E-state index contributed by atoms with van der Waals surface area (Å²) in [5, 5.41) is 8.01. The van der Waals surface area contributed by atoms with E-state index in [0.29, 0.717) is 0 Å². The number of epoxide rings is 1. The molecular weight excluding hydrogens is 375 g/mol. The van der Waals surface area contributed by atoms with Crippen LogP contribution in [0.15, 0.2) is 0 Å². The molecule has 2 atom stereocenters. The SMILES string of the molecule is OC1(F)OC1(F)C(F)(F)C(F)(F)C(F)(F)C(F)(F)C(F)(F)CF. The van der Waals surface area contributed by atoms with E-state index in [2.05, 4.69) is 4.74 Å². The van der Waals surface area contributed by atoms with E-state index in [0.717, 1.165) is 0 Å². The molecular formula is C8H3F13O2. The van der Waals surface area contributed by atoms with Gasteiger partial charge in [0, 0.05) is 0 Å². The lowest BCUT2D eigenvalue weighted by atomic mass is 9.92. The van der Waals surface area contributed by atoms with E-state index in [-0.39, 0.29) is 0 Å². The maximum atomic E-state index is 13.0. The molecule has 0 aromatic rings. The van der Waals surface area contributed by atoms with Crippen molar-refractivity contribution in [1.29, 1.82) is 0 Å². The highest BCUT2D eigenvalue weighted by atomic mass is 19.4. The summed E-state index contributed by atoms with van der Waals surface area (Å²) in [6.07, 6.45) is 0. The molecule has 0 aliphatic carbocycles. The van der Waals surface area contributed by atoms with Gasteiger partial charge in [0.25, 0.3) is 0 Å². The number of hydrogen-bond acceptors (Lipinski definition) is 2. The Morgan fingerprint density at radius 2 is 1.09 bits per heavy atom. The van der Waals surface area contributed by atoms with Crippen LogP contribution in [-0.4, -0.2) is 53.3 Å². The molecule has 1 aliphatic heterocycles. The molecule has 1 N–H and O–H groups in total. The first kappa shape index (κ1) is 20.1. The topological polar surface area (TPSA) is 32.8 Å². The molecule has 0 saturated carbocycles. The number of ether oxygens (including phenoxy) is 1.